The van der Waals surface area contributed by atoms with Crippen LogP contribution in [0.25, 0.3) is 10.9 Å². The molecule has 0 radical (unpaired) electrons. The number of ether oxygens (including phenoxy) is 1. The monoisotopic (exact) mass is 301 g/mol. The molecular formula is C19H17FLiNO. The Hall–Kier alpha value is -1.53. The van der Waals surface area contributed by atoms with Crippen LogP contribution < -0.4 is 23.6 Å². The van der Waals surface area contributed by atoms with Gasteiger partial charge in [0.1, 0.15) is 17.2 Å². The van der Waals surface area contributed by atoms with Gasteiger partial charge in [-0.2, -0.15) is 0 Å². The van der Waals surface area contributed by atoms with Crippen molar-refractivity contribution in [3.63, 3.8) is 0 Å². The van der Waals surface area contributed by atoms with Crippen LogP contribution in [0.4, 0.5) is 4.39 Å². The second kappa shape index (κ2) is 6.53. The second-order valence-corrected chi connectivity index (χ2v) is 5.90. The Kier molecular flexibility index (Phi) is 4.64. The maximum Gasteiger partial charge on any atom is 1.00 e. The van der Waals surface area contributed by atoms with Gasteiger partial charge in [0.05, 0.1) is 0 Å². The van der Waals surface area contributed by atoms with Crippen LogP contribution in [0.3, 0.4) is 0 Å². The first kappa shape index (κ1) is 16.3. The fraction of sp³-hybridized carbons (Fsp3) is 0.263. The molecule has 0 aliphatic carbocycles. The van der Waals surface area contributed by atoms with E-state index in [2.05, 4.69) is 23.5 Å². The summed E-state index contributed by atoms with van der Waals surface area (Å²) in [4.78, 5) is 0. The van der Waals surface area contributed by atoms with Crippen LogP contribution in [0.2, 0.25) is 0 Å². The molecule has 112 valence electrons. The summed E-state index contributed by atoms with van der Waals surface area (Å²) in [6.45, 7) is 1.63. The van der Waals surface area contributed by atoms with Crippen molar-refractivity contribution in [2.24, 2.45) is 0 Å². The smallest absolute Gasteiger partial charge is 0.662 e. The van der Waals surface area contributed by atoms with Crippen molar-refractivity contribution < 1.29 is 28.0 Å². The van der Waals surface area contributed by atoms with E-state index in [1.165, 1.54) is 6.07 Å². The maximum atomic E-state index is 13.7. The summed E-state index contributed by atoms with van der Waals surface area (Å²) in [7, 11) is 0. The first-order chi connectivity index (χ1) is 10.8. The molecule has 23 heavy (non-hydrogen) atoms. The van der Waals surface area contributed by atoms with Crippen molar-refractivity contribution >= 4 is 5.57 Å². The average molecular weight is 301 g/mol. The van der Waals surface area contributed by atoms with Crippen molar-refractivity contribution in [1.82, 2.24) is 0 Å². The van der Waals surface area contributed by atoms with Crippen LogP contribution in [-0.2, 0) is 0 Å². The predicted molar refractivity (Wildman–Crippen MR) is 85.6 cm³/mol. The van der Waals surface area contributed by atoms with Gasteiger partial charge < -0.3 is 10.1 Å². The molecule has 2 aliphatic rings. The van der Waals surface area contributed by atoms with Gasteiger partial charge in [0.25, 0.3) is 0 Å². The molecule has 2 aliphatic heterocycles. The van der Waals surface area contributed by atoms with Gasteiger partial charge in [-0.25, -0.2) is 4.39 Å². The molecule has 1 spiro atoms. The minimum atomic E-state index is -0.308. The zero-order valence-corrected chi connectivity index (χ0v) is 13.3. The van der Waals surface area contributed by atoms with Gasteiger partial charge in [0.2, 0.25) is 0 Å². The number of hydrogen-bond donors (Lipinski definition) is 0. The number of benzene rings is 2. The number of fused-ring (bicyclic) bond motifs is 1. The Morgan fingerprint density at radius 1 is 1.00 bits per heavy atom. The van der Waals surface area contributed by atoms with Crippen molar-refractivity contribution in [3.8, 4) is 5.75 Å². The summed E-state index contributed by atoms with van der Waals surface area (Å²) in [5.74, 6) is 0.531. The molecule has 0 N–H and O–H groups in total. The van der Waals surface area contributed by atoms with Crippen LogP contribution in [0.15, 0.2) is 54.6 Å². The predicted octanol–water partition coefficient (Wildman–Crippen LogP) is 1.56. The van der Waals surface area contributed by atoms with Crippen LogP contribution in [-0.4, -0.2) is 18.7 Å². The molecule has 4 heteroatoms. The van der Waals surface area contributed by atoms with Gasteiger partial charge in [0, 0.05) is 5.56 Å². The van der Waals surface area contributed by atoms with E-state index in [4.69, 9.17) is 4.74 Å². The van der Waals surface area contributed by atoms with Gasteiger partial charge in [-0.1, -0.05) is 30.3 Å². The molecular weight excluding hydrogens is 284 g/mol. The molecule has 4 rings (SSSR count). The number of rotatable bonds is 1. The van der Waals surface area contributed by atoms with E-state index in [0.717, 1.165) is 48.4 Å². The molecule has 0 atom stereocenters. The number of halogens is 1. The van der Waals surface area contributed by atoms with Gasteiger partial charge in [-0.05, 0) is 48.3 Å². The van der Waals surface area contributed by atoms with E-state index in [1.807, 2.05) is 18.2 Å². The van der Waals surface area contributed by atoms with Crippen LogP contribution in [0.5, 0.6) is 5.75 Å². The Bertz CT molecular complexity index is 723. The molecule has 0 saturated carbocycles. The van der Waals surface area contributed by atoms with Crippen LogP contribution >= 0.6 is 0 Å². The summed E-state index contributed by atoms with van der Waals surface area (Å²) in [6, 6.07) is 14.9. The summed E-state index contributed by atoms with van der Waals surface area (Å²) in [6.07, 6.45) is 3.93. The normalized spacial score (nSPS) is 18.4. The van der Waals surface area contributed by atoms with Crippen molar-refractivity contribution in [3.05, 3.63) is 76.9 Å². The number of piperidine rings is 1. The first-order valence-electron chi connectivity index (χ1n) is 7.66. The van der Waals surface area contributed by atoms with Crippen molar-refractivity contribution in [2.45, 2.75) is 18.4 Å². The molecule has 0 unspecified atom stereocenters. The molecule has 0 aromatic heterocycles. The summed E-state index contributed by atoms with van der Waals surface area (Å²) < 4.78 is 20.0. The molecule has 2 heterocycles. The van der Waals surface area contributed by atoms with E-state index >= 15 is 0 Å². The van der Waals surface area contributed by atoms with E-state index in [1.54, 1.807) is 12.1 Å². The summed E-state index contributed by atoms with van der Waals surface area (Å²) in [5, 5.41) is 4.43. The topological polar surface area (TPSA) is 23.3 Å². The molecule has 2 nitrogen and oxygen atoms in total. The second-order valence-electron chi connectivity index (χ2n) is 5.90. The zero-order valence-electron chi connectivity index (χ0n) is 13.3. The quantitative estimate of drug-likeness (QED) is 0.733. The summed E-state index contributed by atoms with van der Waals surface area (Å²) in [5.41, 5.74) is 2.68. The van der Waals surface area contributed by atoms with Crippen LogP contribution in [0, 0.1) is 5.82 Å². The van der Waals surface area contributed by atoms with Gasteiger partial charge in [0.15, 0.2) is 0 Å². The van der Waals surface area contributed by atoms with E-state index in [9.17, 15) is 4.39 Å². The summed E-state index contributed by atoms with van der Waals surface area (Å²) >= 11 is 0. The zero-order chi connectivity index (χ0) is 15.0. The van der Waals surface area contributed by atoms with E-state index < -0.39 is 0 Å². The third-order valence-corrected chi connectivity index (χ3v) is 4.42. The van der Waals surface area contributed by atoms with Crippen molar-refractivity contribution in [2.75, 3.05) is 13.1 Å². The third kappa shape index (κ3) is 3.10. The molecule has 2 aromatic rings. The minimum Gasteiger partial charge on any atom is -0.662 e. The first-order valence-corrected chi connectivity index (χ1v) is 7.66. The Morgan fingerprint density at radius 3 is 2.48 bits per heavy atom. The molecule has 2 aromatic carbocycles. The largest absolute Gasteiger partial charge is 1.00 e. The van der Waals surface area contributed by atoms with Gasteiger partial charge in [-0.15, -0.1) is 13.1 Å². The van der Waals surface area contributed by atoms with Gasteiger partial charge >= 0.3 is 18.9 Å². The fourth-order valence-electron chi connectivity index (χ4n) is 3.27. The standard InChI is InChI=1S/C19H17FNO.Li/c20-15-6-7-18-16(12-15)17(14-4-2-1-3-5-14)13-19(22-18)8-10-21-11-9-19;/h1-7,12-13H,8-11H2;/q-1;+1. The maximum absolute atomic E-state index is 13.7. The Labute approximate surface area is 147 Å². The van der Waals surface area contributed by atoms with E-state index in [-0.39, 0.29) is 30.3 Å². The Balaban J connectivity index is 0.00000156. The van der Waals surface area contributed by atoms with E-state index in [0.29, 0.717) is 0 Å². The molecule has 0 amide bonds. The molecule has 1 saturated heterocycles. The third-order valence-electron chi connectivity index (χ3n) is 4.42. The average Bonchev–Trinajstić information content (AvgIpc) is 2.56. The number of nitrogens with zero attached hydrogens (tertiary/aromatic N) is 1. The molecule has 0 bridgehead atoms. The fourth-order valence-corrected chi connectivity index (χ4v) is 3.27. The SMILES string of the molecule is Fc1ccc2c(c1)C(c1ccccc1)=CC1(CC[N-]CC1)O2.[Li+]. The molecule has 1 fully saturated rings. The number of hydrogen-bond acceptors (Lipinski definition) is 1. The van der Waals surface area contributed by atoms with Crippen molar-refractivity contribution in [1.29, 1.82) is 0 Å². The minimum absolute atomic E-state index is 0. The van der Waals surface area contributed by atoms with Gasteiger partial charge in [-0.3, -0.25) is 0 Å². The Morgan fingerprint density at radius 2 is 1.74 bits per heavy atom. The van der Waals surface area contributed by atoms with Crippen LogP contribution in [0.1, 0.15) is 24.0 Å².